The van der Waals surface area contributed by atoms with Gasteiger partial charge in [-0.2, -0.15) is 0 Å². The number of rotatable bonds is 2. The number of hydrogen-bond donors (Lipinski definition) is 1. The van der Waals surface area contributed by atoms with Crippen molar-refractivity contribution in [3.63, 3.8) is 0 Å². The number of carbonyl (C=O) groups is 1. The van der Waals surface area contributed by atoms with Crippen LogP contribution in [0.4, 0.5) is 5.69 Å². The van der Waals surface area contributed by atoms with Gasteiger partial charge in [0.2, 0.25) is 0 Å². The van der Waals surface area contributed by atoms with E-state index in [0.29, 0.717) is 11.6 Å². The summed E-state index contributed by atoms with van der Waals surface area (Å²) in [6, 6.07) is 8.15. The van der Waals surface area contributed by atoms with Crippen LogP contribution in [0.1, 0.15) is 39.8 Å². The van der Waals surface area contributed by atoms with Crippen molar-refractivity contribution in [3.8, 4) is 0 Å². The number of fused-ring (bicyclic) bond motifs is 1. The fourth-order valence-electron chi connectivity index (χ4n) is 3.33. The molecule has 0 radical (unpaired) electrons. The van der Waals surface area contributed by atoms with Crippen LogP contribution in [0.25, 0.3) is 0 Å². The summed E-state index contributed by atoms with van der Waals surface area (Å²) >= 11 is 1.64. The molecule has 2 aliphatic rings. The SMILES string of the molecule is O=C(c1csc(C2CCNCC2)n1)N1CCc2ccccc21. The molecule has 1 aromatic carbocycles. The predicted molar refractivity (Wildman–Crippen MR) is 88.8 cm³/mol. The molecule has 22 heavy (non-hydrogen) atoms. The fourth-order valence-corrected chi connectivity index (χ4v) is 4.29. The standard InChI is InChI=1S/C17H19N3OS/c21-17(20-10-7-12-3-1-2-4-15(12)20)14-11-22-16(19-14)13-5-8-18-9-6-13/h1-4,11,13,18H,5-10H2. The Labute approximate surface area is 134 Å². The maximum atomic E-state index is 12.8. The van der Waals surface area contributed by atoms with Crippen LogP contribution in [0.5, 0.6) is 0 Å². The highest BCUT2D eigenvalue weighted by molar-refractivity contribution is 7.10. The average Bonchev–Trinajstić information content (AvgIpc) is 3.22. The number of piperidine rings is 1. The number of benzene rings is 1. The third-order valence-electron chi connectivity index (χ3n) is 4.56. The molecule has 1 fully saturated rings. The molecule has 2 aliphatic heterocycles. The van der Waals surface area contributed by atoms with Crippen molar-refractivity contribution in [2.75, 3.05) is 24.5 Å². The van der Waals surface area contributed by atoms with Gasteiger partial charge in [0.05, 0.1) is 5.01 Å². The molecule has 0 spiro atoms. The Morgan fingerprint density at radius 3 is 2.95 bits per heavy atom. The fraction of sp³-hybridized carbons (Fsp3) is 0.412. The molecular formula is C17H19N3OS. The summed E-state index contributed by atoms with van der Waals surface area (Å²) in [4.78, 5) is 19.3. The van der Waals surface area contributed by atoms with E-state index in [0.717, 1.165) is 49.6 Å². The lowest BCUT2D eigenvalue weighted by atomic mass is 9.99. The number of carbonyl (C=O) groups excluding carboxylic acids is 1. The van der Waals surface area contributed by atoms with Gasteiger partial charge in [-0.15, -0.1) is 11.3 Å². The molecule has 0 aliphatic carbocycles. The largest absolute Gasteiger partial charge is 0.317 e. The van der Waals surface area contributed by atoms with E-state index in [1.807, 2.05) is 28.5 Å². The highest BCUT2D eigenvalue weighted by Crippen LogP contribution is 2.31. The maximum Gasteiger partial charge on any atom is 0.277 e. The van der Waals surface area contributed by atoms with E-state index in [1.165, 1.54) is 5.56 Å². The lowest BCUT2D eigenvalue weighted by Crippen LogP contribution is -2.29. The Kier molecular flexibility index (Phi) is 3.68. The Morgan fingerprint density at radius 1 is 1.27 bits per heavy atom. The zero-order valence-electron chi connectivity index (χ0n) is 12.4. The number of para-hydroxylation sites is 1. The second-order valence-corrected chi connectivity index (χ2v) is 6.82. The van der Waals surface area contributed by atoms with Gasteiger partial charge in [0, 0.05) is 23.5 Å². The van der Waals surface area contributed by atoms with Crippen molar-refractivity contribution in [3.05, 3.63) is 45.9 Å². The zero-order chi connectivity index (χ0) is 14.9. The third-order valence-corrected chi connectivity index (χ3v) is 5.57. The van der Waals surface area contributed by atoms with Gasteiger partial charge in [-0.3, -0.25) is 4.79 Å². The van der Waals surface area contributed by atoms with Gasteiger partial charge in [0.25, 0.3) is 5.91 Å². The number of amides is 1. The number of aromatic nitrogens is 1. The topological polar surface area (TPSA) is 45.2 Å². The Morgan fingerprint density at radius 2 is 2.09 bits per heavy atom. The van der Waals surface area contributed by atoms with Crippen molar-refractivity contribution in [2.24, 2.45) is 0 Å². The summed E-state index contributed by atoms with van der Waals surface area (Å²) in [7, 11) is 0. The minimum atomic E-state index is 0.0429. The molecular weight excluding hydrogens is 294 g/mol. The van der Waals surface area contributed by atoms with Gasteiger partial charge in [0.1, 0.15) is 5.69 Å². The average molecular weight is 313 g/mol. The number of thiazole rings is 1. The van der Waals surface area contributed by atoms with Gasteiger partial charge in [-0.25, -0.2) is 4.98 Å². The third kappa shape index (κ3) is 2.44. The molecule has 1 aromatic heterocycles. The van der Waals surface area contributed by atoms with Crippen molar-refractivity contribution in [2.45, 2.75) is 25.2 Å². The van der Waals surface area contributed by atoms with E-state index in [4.69, 9.17) is 0 Å². The highest BCUT2D eigenvalue weighted by Gasteiger charge is 2.27. The molecule has 0 atom stereocenters. The van der Waals surface area contributed by atoms with Crippen LogP contribution in [0.2, 0.25) is 0 Å². The second-order valence-electron chi connectivity index (χ2n) is 5.93. The molecule has 114 valence electrons. The molecule has 1 N–H and O–H groups in total. The molecule has 4 rings (SSSR count). The van der Waals surface area contributed by atoms with Crippen LogP contribution in [-0.2, 0) is 6.42 Å². The smallest absolute Gasteiger partial charge is 0.277 e. The summed E-state index contributed by atoms with van der Waals surface area (Å²) < 4.78 is 0. The zero-order valence-corrected chi connectivity index (χ0v) is 13.2. The number of nitrogens with one attached hydrogen (secondary N) is 1. The molecule has 5 heteroatoms. The molecule has 3 heterocycles. The predicted octanol–water partition coefficient (Wildman–Crippen LogP) is 2.81. The van der Waals surface area contributed by atoms with E-state index >= 15 is 0 Å². The maximum absolute atomic E-state index is 12.8. The Hall–Kier alpha value is -1.72. The van der Waals surface area contributed by atoms with Gasteiger partial charge >= 0.3 is 0 Å². The van der Waals surface area contributed by atoms with E-state index in [9.17, 15) is 4.79 Å². The first-order valence-electron chi connectivity index (χ1n) is 7.89. The monoisotopic (exact) mass is 313 g/mol. The van der Waals surface area contributed by atoms with Crippen LogP contribution in [0, 0.1) is 0 Å². The lowest BCUT2D eigenvalue weighted by molar-refractivity contribution is 0.0985. The molecule has 1 saturated heterocycles. The summed E-state index contributed by atoms with van der Waals surface area (Å²) in [5.74, 6) is 0.556. The minimum absolute atomic E-state index is 0.0429. The van der Waals surface area contributed by atoms with Crippen molar-refractivity contribution in [1.29, 1.82) is 0 Å². The van der Waals surface area contributed by atoms with E-state index in [1.54, 1.807) is 11.3 Å². The molecule has 0 unspecified atom stereocenters. The first-order chi connectivity index (χ1) is 10.8. The number of nitrogens with zero attached hydrogens (tertiary/aromatic N) is 2. The van der Waals surface area contributed by atoms with E-state index in [2.05, 4.69) is 16.4 Å². The van der Waals surface area contributed by atoms with Gasteiger partial charge in [-0.05, 0) is 44.0 Å². The summed E-state index contributed by atoms with van der Waals surface area (Å²) in [6.07, 6.45) is 3.18. The van der Waals surface area contributed by atoms with Crippen LogP contribution < -0.4 is 10.2 Å². The van der Waals surface area contributed by atoms with Crippen molar-refractivity contribution >= 4 is 22.9 Å². The number of hydrogen-bond acceptors (Lipinski definition) is 4. The minimum Gasteiger partial charge on any atom is -0.317 e. The summed E-state index contributed by atoms with van der Waals surface area (Å²) in [6.45, 7) is 2.86. The molecule has 2 aromatic rings. The lowest BCUT2D eigenvalue weighted by Gasteiger charge is -2.20. The van der Waals surface area contributed by atoms with Crippen LogP contribution in [0.3, 0.4) is 0 Å². The first kappa shape index (κ1) is 13.9. The van der Waals surface area contributed by atoms with Crippen molar-refractivity contribution in [1.82, 2.24) is 10.3 Å². The Bertz CT molecular complexity index is 691. The van der Waals surface area contributed by atoms with Gasteiger partial charge < -0.3 is 10.2 Å². The van der Waals surface area contributed by atoms with Crippen LogP contribution in [-0.4, -0.2) is 30.5 Å². The molecule has 0 saturated carbocycles. The second kappa shape index (κ2) is 5.82. The Balaban J connectivity index is 1.55. The molecule has 0 bridgehead atoms. The normalized spacial score (nSPS) is 18.5. The first-order valence-corrected chi connectivity index (χ1v) is 8.77. The van der Waals surface area contributed by atoms with Crippen LogP contribution >= 0.6 is 11.3 Å². The van der Waals surface area contributed by atoms with Gasteiger partial charge in [0.15, 0.2) is 0 Å². The molecule has 1 amide bonds. The van der Waals surface area contributed by atoms with E-state index < -0.39 is 0 Å². The van der Waals surface area contributed by atoms with Crippen LogP contribution in [0.15, 0.2) is 29.6 Å². The molecule has 4 nitrogen and oxygen atoms in total. The summed E-state index contributed by atoms with van der Waals surface area (Å²) in [5, 5.41) is 6.43. The summed E-state index contributed by atoms with van der Waals surface area (Å²) in [5.41, 5.74) is 2.91. The van der Waals surface area contributed by atoms with Crippen molar-refractivity contribution < 1.29 is 4.79 Å². The number of anilines is 1. The van der Waals surface area contributed by atoms with E-state index in [-0.39, 0.29) is 5.91 Å². The highest BCUT2D eigenvalue weighted by atomic mass is 32.1. The van der Waals surface area contributed by atoms with Gasteiger partial charge in [-0.1, -0.05) is 18.2 Å². The quantitative estimate of drug-likeness (QED) is 0.927.